The lowest BCUT2D eigenvalue weighted by molar-refractivity contribution is 0.0951. The third kappa shape index (κ3) is 5.18. The van der Waals surface area contributed by atoms with Crippen molar-refractivity contribution in [1.29, 1.82) is 0 Å². The van der Waals surface area contributed by atoms with Gasteiger partial charge in [0.15, 0.2) is 0 Å². The molecule has 0 bridgehead atoms. The second-order valence-corrected chi connectivity index (χ2v) is 7.82. The first-order chi connectivity index (χ1) is 13.4. The van der Waals surface area contributed by atoms with Crippen LogP contribution in [0.2, 0.25) is 0 Å². The Hall–Kier alpha value is -3.16. The van der Waals surface area contributed by atoms with Crippen molar-refractivity contribution < 1.29 is 13.2 Å². The highest BCUT2D eigenvalue weighted by molar-refractivity contribution is 7.89. The van der Waals surface area contributed by atoms with Gasteiger partial charge in [-0.05, 0) is 29.3 Å². The quantitative estimate of drug-likeness (QED) is 0.572. The van der Waals surface area contributed by atoms with E-state index < -0.39 is 10.0 Å². The lowest BCUT2D eigenvalue weighted by atomic mass is 10.1. The van der Waals surface area contributed by atoms with E-state index in [1.54, 1.807) is 6.07 Å². The molecule has 0 saturated heterocycles. The summed E-state index contributed by atoms with van der Waals surface area (Å²) in [7, 11) is -3.92. The first kappa shape index (κ1) is 19.6. The van der Waals surface area contributed by atoms with Crippen LogP contribution >= 0.6 is 0 Å². The Kier molecular flexibility index (Phi) is 6.08. The number of benzene rings is 3. The molecule has 3 aromatic rings. The van der Waals surface area contributed by atoms with Crippen LogP contribution in [-0.2, 0) is 23.1 Å². The van der Waals surface area contributed by atoms with Gasteiger partial charge >= 0.3 is 0 Å². The molecule has 0 aromatic heterocycles. The molecule has 28 heavy (non-hydrogen) atoms. The lowest BCUT2D eigenvalue weighted by Gasteiger charge is -2.14. The van der Waals surface area contributed by atoms with Gasteiger partial charge in [-0.2, -0.15) is 0 Å². The van der Waals surface area contributed by atoms with Crippen LogP contribution in [0.5, 0.6) is 0 Å². The van der Waals surface area contributed by atoms with Gasteiger partial charge in [-0.3, -0.25) is 4.79 Å². The van der Waals surface area contributed by atoms with Crippen LogP contribution in [0.3, 0.4) is 0 Å². The van der Waals surface area contributed by atoms with Crippen molar-refractivity contribution >= 4 is 21.6 Å². The van der Waals surface area contributed by atoms with Gasteiger partial charge in [-0.1, -0.05) is 60.7 Å². The van der Waals surface area contributed by atoms with Gasteiger partial charge < -0.3 is 10.6 Å². The van der Waals surface area contributed by atoms with Gasteiger partial charge in [0, 0.05) is 18.8 Å². The summed E-state index contributed by atoms with van der Waals surface area (Å²) in [4.78, 5) is 12.6. The van der Waals surface area contributed by atoms with Gasteiger partial charge in [-0.15, -0.1) is 0 Å². The van der Waals surface area contributed by atoms with E-state index in [1.807, 2.05) is 60.7 Å². The molecule has 6 nitrogen and oxygen atoms in total. The number of anilines is 1. The molecule has 0 unspecified atom stereocenters. The van der Waals surface area contributed by atoms with E-state index in [0.29, 0.717) is 18.8 Å². The minimum absolute atomic E-state index is 0.109. The van der Waals surface area contributed by atoms with E-state index >= 15 is 0 Å². The second kappa shape index (κ2) is 8.69. The van der Waals surface area contributed by atoms with Gasteiger partial charge in [0.05, 0.1) is 10.5 Å². The average molecular weight is 395 g/mol. The number of nitrogens with one attached hydrogen (secondary N) is 2. The Labute approximate surface area is 164 Å². The minimum Gasteiger partial charge on any atom is -0.380 e. The fourth-order valence-electron chi connectivity index (χ4n) is 2.71. The van der Waals surface area contributed by atoms with Crippen LogP contribution in [0.15, 0.2) is 83.8 Å². The Bertz CT molecular complexity index is 1050. The summed E-state index contributed by atoms with van der Waals surface area (Å²) in [5.41, 5.74) is 2.73. The largest absolute Gasteiger partial charge is 0.380 e. The third-order valence-corrected chi connectivity index (χ3v) is 5.10. The molecule has 4 N–H and O–H groups in total. The van der Waals surface area contributed by atoms with Crippen LogP contribution in [0, 0.1) is 0 Å². The standard InChI is InChI=1S/C21H21N3O3S/c22-28(26,27)18-11-12-20(23-14-16-7-3-1-4-8-16)19(13-18)21(25)24-15-17-9-5-2-6-10-17/h1-13,23H,14-15H2,(H,24,25)(H2,22,26,27). The Morgan fingerprint density at radius 2 is 1.39 bits per heavy atom. The van der Waals surface area contributed by atoms with Gasteiger partial charge in [0.2, 0.25) is 10.0 Å². The van der Waals surface area contributed by atoms with Crippen molar-refractivity contribution in [2.75, 3.05) is 5.32 Å². The molecule has 0 saturated carbocycles. The summed E-state index contributed by atoms with van der Waals surface area (Å²) in [6, 6.07) is 23.4. The van der Waals surface area contributed by atoms with Crippen LogP contribution in [0.1, 0.15) is 21.5 Å². The van der Waals surface area contributed by atoms with Crippen LogP contribution < -0.4 is 15.8 Å². The Morgan fingerprint density at radius 3 is 1.96 bits per heavy atom. The SMILES string of the molecule is NS(=O)(=O)c1ccc(NCc2ccccc2)c(C(=O)NCc2ccccc2)c1. The molecule has 0 aliphatic rings. The van der Waals surface area contributed by atoms with E-state index in [0.717, 1.165) is 11.1 Å². The summed E-state index contributed by atoms with van der Waals surface area (Å²) in [5.74, 6) is -0.384. The zero-order chi connectivity index (χ0) is 20.0. The smallest absolute Gasteiger partial charge is 0.253 e. The molecule has 144 valence electrons. The van der Waals surface area contributed by atoms with E-state index in [4.69, 9.17) is 5.14 Å². The maximum atomic E-state index is 12.7. The molecule has 0 heterocycles. The van der Waals surface area contributed by atoms with E-state index in [9.17, 15) is 13.2 Å². The number of hydrogen-bond donors (Lipinski definition) is 3. The number of carbonyl (C=O) groups is 1. The molecule has 7 heteroatoms. The molecule has 0 fully saturated rings. The van der Waals surface area contributed by atoms with Gasteiger partial charge in [-0.25, -0.2) is 13.6 Å². The summed E-state index contributed by atoms with van der Waals surface area (Å²) >= 11 is 0. The lowest BCUT2D eigenvalue weighted by Crippen LogP contribution is -2.24. The first-order valence-corrected chi connectivity index (χ1v) is 10.2. The maximum Gasteiger partial charge on any atom is 0.253 e. The molecule has 0 radical (unpaired) electrons. The van der Waals surface area contributed by atoms with Crippen molar-refractivity contribution in [2.45, 2.75) is 18.0 Å². The molecule has 3 rings (SSSR count). The number of nitrogens with two attached hydrogens (primary N) is 1. The zero-order valence-corrected chi connectivity index (χ0v) is 15.9. The average Bonchev–Trinajstić information content (AvgIpc) is 2.71. The maximum absolute atomic E-state index is 12.7. The Balaban J connectivity index is 1.83. The monoisotopic (exact) mass is 395 g/mol. The minimum atomic E-state index is -3.92. The van der Waals surface area contributed by atoms with Crippen molar-refractivity contribution in [3.63, 3.8) is 0 Å². The number of sulfonamides is 1. The predicted molar refractivity (Wildman–Crippen MR) is 109 cm³/mol. The summed E-state index contributed by atoms with van der Waals surface area (Å²) in [6.07, 6.45) is 0. The van der Waals surface area contributed by atoms with Crippen LogP contribution in [-0.4, -0.2) is 14.3 Å². The molecule has 0 aliphatic heterocycles. The van der Waals surface area contributed by atoms with Crippen molar-refractivity contribution in [1.82, 2.24) is 5.32 Å². The molecule has 3 aromatic carbocycles. The van der Waals surface area contributed by atoms with Crippen LogP contribution in [0.4, 0.5) is 5.69 Å². The van der Waals surface area contributed by atoms with Gasteiger partial charge in [0.25, 0.3) is 5.91 Å². The molecule has 1 amide bonds. The number of hydrogen-bond acceptors (Lipinski definition) is 4. The molecule has 0 aliphatic carbocycles. The first-order valence-electron chi connectivity index (χ1n) is 8.70. The molecular formula is C21H21N3O3S. The van der Waals surface area contributed by atoms with Crippen molar-refractivity contribution in [3.05, 3.63) is 95.6 Å². The number of rotatable bonds is 7. The molecular weight excluding hydrogens is 374 g/mol. The normalized spacial score (nSPS) is 11.0. The second-order valence-electron chi connectivity index (χ2n) is 6.26. The number of amides is 1. The van der Waals surface area contributed by atoms with E-state index in [1.165, 1.54) is 12.1 Å². The highest BCUT2D eigenvalue weighted by Gasteiger charge is 2.16. The summed E-state index contributed by atoms with van der Waals surface area (Å²) in [6.45, 7) is 0.825. The summed E-state index contributed by atoms with van der Waals surface area (Å²) in [5, 5.41) is 11.2. The third-order valence-electron chi connectivity index (χ3n) is 4.19. The number of carbonyl (C=O) groups excluding carboxylic acids is 1. The molecule has 0 spiro atoms. The molecule has 0 atom stereocenters. The topological polar surface area (TPSA) is 101 Å². The van der Waals surface area contributed by atoms with Crippen molar-refractivity contribution in [3.8, 4) is 0 Å². The van der Waals surface area contributed by atoms with Crippen LogP contribution in [0.25, 0.3) is 0 Å². The number of primary sulfonamides is 1. The fourth-order valence-corrected chi connectivity index (χ4v) is 3.25. The highest BCUT2D eigenvalue weighted by atomic mass is 32.2. The van der Waals surface area contributed by atoms with E-state index in [-0.39, 0.29) is 16.4 Å². The van der Waals surface area contributed by atoms with E-state index in [2.05, 4.69) is 10.6 Å². The predicted octanol–water partition coefficient (Wildman–Crippen LogP) is 2.88. The highest BCUT2D eigenvalue weighted by Crippen LogP contribution is 2.21. The zero-order valence-electron chi connectivity index (χ0n) is 15.1. The Morgan fingerprint density at radius 1 is 0.821 bits per heavy atom. The van der Waals surface area contributed by atoms with Crippen molar-refractivity contribution in [2.24, 2.45) is 5.14 Å². The summed E-state index contributed by atoms with van der Waals surface area (Å²) < 4.78 is 23.4. The van der Waals surface area contributed by atoms with Gasteiger partial charge in [0.1, 0.15) is 0 Å². The fraction of sp³-hybridized carbons (Fsp3) is 0.0952.